The molecule has 0 aliphatic heterocycles. The monoisotopic (exact) mass is 328 g/mol. The first-order valence-electron chi connectivity index (χ1n) is 1.72. The summed E-state index contributed by atoms with van der Waals surface area (Å²) >= 11 is 15.1. The van der Waals surface area contributed by atoms with E-state index in [0.29, 0.717) is 0 Å². The number of methoxy groups -OCH3 is 1. The first-order valence-corrected chi connectivity index (χ1v) is 4.53. The Morgan fingerprint density at radius 3 is 1.88 bits per heavy atom. The van der Waals surface area contributed by atoms with Crippen LogP contribution >= 0.6 is 59.4 Å². The lowest BCUT2D eigenvalue weighted by Gasteiger charge is -2.16. The number of hydrogen-bond donors (Lipinski definition) is 0. The minimum atomic E-state index is -0.511. The van der Waals surface area contributed by atoms with Gasteiger partial charge in [-0.15, -0.1) is 0 Å². The Bertz CT molecular complexity index is 71.4. The van der Waals surface area contributed by atoms with Gasteiger partial charge in [-0.1, -0.05) is 59.4 Å². The molecule has 0 N–H and O–H groups in total. The van der Waals surface area contributed by atoms with Gasteiger partial charge >= 0.3 is 0 Å². The van der Waals surface area contributed by atoms with Gasteiger partial charge < -0.3 is 4.74 Å². The first kappa shape index (κ1) is 9.69. The van der Waals surface area contributed by atoms with Gasteiger partial charge in [0, 0.05) is 7.11 Å². The fourth-order valence-corrected chi connectivity index (χ4v) is 0.694. The van der Waals surface area contributed by atoms with E-state index in [0.717, 1.165) is 0 Å². The van der Waals surface area contributed by atoms with E-state index in [1.54, 1.807) is 0 Å². The lowest BCUT2D eigenvalue weighted by molar-refractivity contribution is 0.178. The maximum atomic E-state index is 5.58. The van der Waals surface area contributed by atoms with E-state index in [1.165, 1.54) is 7.11 Å². The Hall–Kier alpha value is 1.69. The summed E-state index contributed by atoms with van der Waals surface area (Å²) in [4.78, 5) is 0. The van der Waals surface area contributed by atoms with E-state index in [1.807, 2.05) is 0 Å². The summed E-state index contributed by atoms with van der Waals surface area (Å²) in [6, 6.07) is 0. The minimum absolute atomic E-state index is 0.428. The van der Waals surface area contributed by atoms with E-state index in [2.05, 4.69) is 47.8 Å². The summed E-state index contributed by atoms with van der Waals surface area (Å²) in [6.45, 7) is 0. The molecule has 0 aliphatic carbocycles. The topological polar surface area (TPSA) is 9.23 Å². The third-order valence-electron chi connectivity index (χ3n) is 0.464. The Balaban J connectivity index is 3.62. The van der Waals surface area contributed by atoms with Gasteiger partial charge in [0.05, 0.1) is 0 Å². The normalized spacial score (nSPS) is 16.1. The largest absolute Gasteiger partial charge is 0.362 e. The predicted octanol–water partition coefficient (Wildman–Crippen LogP) is 3.04. The van der Waals surface area contributed by atoms with E-state index in [9.17, 15) is 0 Å². The van der Waals surface area contributed by atoms with Crippen molar-refractivity contribution in [1.82, 2.24) is 0 Å². The average Bonchev–Trinajstić information content (AvgIpc) is 1.62. The van der Waals surface area contributed by atoms with Crippen molar-refractivity contribution in [3.8, 4) is 0 Å². The second-order valence-corrected chi connectivity index (χ2v) is 8.43. The van der Waals surface area contributed by atoms with Crippen molar-refractivity contribution < 1.29 is 4.74 Å². The van der Waals surface area contributed by atoms with Gasteiger partial charge in [0.2, 0.25) is 0 Å². The first-order chi connectivity index (χ1) is 3.48. The fraction of sp³-hybridized carbons (Fsp3) is 1.00. The van der Waals surface area contributed by atoms with Gasteiger partial charge in [-0.2, -0.15) is 0 Å². The number of ether oxygens (including phenoxy) is 1. The van der Waals surface area contributed by atoms with Crippen LogP contribution in [0.15, 0.2) is 0 Å². The molecule has 1 nitrogen and oxygen atoms in total. The highest BCUT2D eigenvalue weighted by Crippen LogP contribution is 2.39. The molecule has 50 valence electrons. The van der Waals surface area contributed by atoms with Gasteiger partial charge in [-0.25, -0.2) is 0 Å². The van der Waals surface area contributed by atoms with Crippen molar-refractivity contribution in [2.75, 3.05) is 7.11 Å². The third-order valence-corrected chi connectivity index (χ3v) is 3.01. The molecule has 0 amide bonds. The molecule has 0 radical (unpaired) electrons. The molecule has 0 aliphatic rings. The van der Waals surface area contributed by atoms with Crippen molar-refractivity contribution in [1.29, 1.82) is 0 Å². The van der Waals surface area contributed by atoms with Gasteiger partial charge in [-0.05, 0) is 0 Å². The van der Waals surface area contributed by atoms with Crippen LogP contribution in [0.5, 0.6) is 0 Å². The number of halogens is 4. The molecule has 8 heavy (non-hydrogen) atoms. The predicted molar refractivity (Wildman–Crippen MR) is 46.2 cm³/mol. The van der Waals surface area contributed by atoms with E-state index >= 15 is 0 Å². The van der Waals surface area contributed by atoms with Gasteiger partial charge in [0.15, 0.2) is 7.71 Å². The van der Waals surface area contributed by atoms with Gasteiger partial charge in [0.25, 0.3) is 0 Å². The summed E-state index contributed by atoms with van der Waals surface area (Å²) in [5.74, 6) is 0. The second-order valence-electron chi connectivity index (χ2n) is 1.09. The van der Waals surface area contributed by atoms with Crippen LogP contribution in [-0.2, 0) is 4.74 Å². The standard InChI is InChI=1S/C3H4Br3ClO/c1-8-2(7)3(4,5)6/h2H,1H3. The molecule has 0 saturated carbocycles. The molecular weight excluding hydrogens is 327 g/mol. The summed E-state index contributed by atoms with van der Waals surface area (Å²) < 4.78 is 4.23. The molecule has 0 fully saturated rings. The van der Waals surface area contributed by atoms with Crippen LogP contribution < -0.4 is 0 Å². The van der Waals surface area contributed by atoms with Crippen LogP contribution in [-0.4, -0.2) is 14.8 Å². The number of hydrogen-bond acceptors (Lipinski definition) is 1. The van der Waals surface area contributed by atoms with Crippen molar-refractivity contribution >= 4 is 59.4 Å². The Morgan fingerprint density at radius 1 is 1.50 bits per heavy atom. The average molecular weight is 331 g/mol. The maximum Gasteiger partial charge on any atom is 0.174 e. The van der Waals surface area contributed by atoms with Crippen LogP contribution in [0.2, 0.25) is 0 Å². The molecule has 1 unspecified atom stereocenters. The Morgan fingerprint density at radius 2 is 1.88 bits per heavy atom. The lowest BCUT2D eigenvalue weighted by atomic mass is 10.8. The van der Waals surface area contributed by atoms with Gasteiger partial charge in [0.1, 0.15) is 0 Å². The molecule has 1 atom stereocenters. The molecular formula is C3H4Br3ClO. The van der Waals surface area contributed by atoms with E-state index in [4.69, 9.17) is 16.3 Å². The molecule has 0 aromatic carbocycles. The highest BCUT2D eigenvalue weighted by molar-refractivity contribution is 9.39. The molecule has 0 heterocycles. The molecule has 5 heteroatoms. The molecule has 0 aromatic heterocycles. The van der Waals surface area contributed by atoms with Crippen LogP contribution in [0.3, 0.4) is 0 Å². The van der Waals surface area contributed by atoms with Crippen LogP contribution in [0.25, 0.3) is 0 Å². The summed E-state index contributed by atoms with van der Waals surface area (Å²) in [5.41, 5.74) is -0.428. The van der Waals surface area contributed by atoms with Crippen molar-refractivity contribution in [2.45, 2.75) is 7.71 Å². The van der Waals surface area contributed by atoms with Crippen molar-refractivity contribution in [3.05, 3.63) is 0 Å². The second kappa shape index (κ2) is 3.76. The SMILES string of the molecule is COC(Cl)C(Br)(Br)Br. The lowest BCUT2D eigenvalue weighted by Crippen LogP contribution is -2.18. The fourth-order valence-electron chi connectivity index (χ4n) is 0.134. The van der Waals surface area contributed by atoms with E-state index < -0.39 is 7.71 Å². The highest BCUT2D eigenvalue weighted by atomic mass is 80.0. The molecule has 0 rings (SSSR count). The third kappa shape index (κ3) is 3.67. The zero-order valence-corrected chi connectivity index (χ0v) is 9.51. The molecule has 0 spiro atoms. The quantitative estimate of drug-likeness (QED) is 0.671. The molecule has 0 aromatic rings. The zero-order valence-electron chi connectivity index (χ0n) is 4.00. The van der Waals surface area contributed by atoms with Crippen LogP contribution in [0.1, 0.15) is 0 Å². The number of alkyl halides is 4. The smallest absolute Gasteiger partial charge is 0.174 e. The van der Waals surface area contributed by atoms with Crippen molar-refractivity contribution in [3.63, 3.8) is 0 Å². The Labute approximate surface area is 78.5 Å². The number of rotatable bonds is 1. The minimum Gasteiger partial charge on any atom is -0.362 e. The van der Waals surface area contributed by atoms with E-state index in [-0.39, 0.29) is 0 Å². The molecule has 0 bridgehead atoms. The zero-order chi connectivity index (χ0) is 6.78. The summed E-state index contributed by atoms with van der Waals surface area (Å²) in [6.07, 6.45) is 0. The van der Waals surface area contributed by atoms with Crippen LogP contribution in [0, 0.1) is 0 Å². The van der Waals surface area contributed by atoms with Gasteiger partial charge in [-0.3, -0.25) is 0 Å². The highest BCUT2D eigenvalue weighted by Gasteiger charge is 2.28. The molecule has 0 saturated heterocycles. The summed E-state index contributed by atoms with van der Waals surface area (Å²) in [7, 11) is 1.52. The summed E-state index contributed by atoms with van der Waals surface area (Å²) in [5, 5.41) is 0. The van der Waals surface area contributed by atoms with Crippen molar-refractivity contribution in [2.24, 2.45) is 0 Å². The van der Waals surface area contributed by atoms with Crippen LogP contribution in [0.4, 0.5) is 0 Å². The Kier molecular flexibility index (Phi) is 4.55. The maximum absolute atomic E-state index is 5.58.